The predicted octanol–water partition coefficient (Wildman–Crippen LogP) is 2.60. The normalized spacial score (nSPS) is 9.50. The molecule has 0 amide bonds. The van der Waals surface area contributed by atoms with Crippen LogP contribution in [0.5, 0.6) is 0 Å². The van der Waals surface area contributed by atoms with Crippen LogP contribution in [0.15, 0.2) is 91.0 Å². The molecule has 0 N–H and O–H groups in total. The summed E-state index contributed by atoms with van der Waals surface area (Å²) in [4.78, 5) is 0. The molecule has 0 atom stereocenters. The molecule has 0 aliphatic heterocycles. The van der Waals surface area contributed by atoms with Gasteiger partial charge in [0.2, 0.25) is 0 Å². The van der Waals surface area contributed by atoms with Gasteiger partial charge in [-0.1, -0.05) is 12.6 Å². The molecule has 0 spiro atoms. The van der Waals surface area contributed by atoms with E-state index >= 15 is 0 Å². The molecule has 3 aromatic carbocycles. The van der Waals surface area contributed by atoms with Gasteiger partial charge in [0.1, 0.15) is 5.40 Å². The number of benzene rings is 3. The molecule has 107 valence electrons. The average molecular weight is 409 g/mol. The first-order valence-corrected chi connectivity index (χ1v) is 11.7. The van der Waals surface area contributed by atoms with E-state index in [1.165, 1.54) is 16.1 Å². The average Bonchev–Trinajstić information content (AvgIpc) is 2.59. The zero-order valence-corrected chi connectivity index (χ0v) is 15.8. The molecular weight excluding hydrogens is 393 g/mol. The summed E-state index contributed by atoms with van der Waals surface area (Å²) in [6, 6.07) is 32.9. The Hall–Kier alpha value is -1.70. The van der Waals surface area contributed by atoms with E-state index in [1.54, 1.807) is 0 Å². The van der Waals surface area contributed by atoms with E-state index in [2.05, 4.69) is 104 Å². The van der Waals surface area contributed by atoms with Crippen LogP contribution >= 0.6 is 12.6 Å². The summed E-state index contributed by atoms with van der Waals surface area (Å²) in [6.45, 7) is 0. The zero-order valence-electron chi connectivity index (χ0n) is 12.1. The molecule has 0 aliphatic rings. The first-order chi connectivity index (χ1) is 10.9. The van der Waals surface area contributed by atoms with Crippen molar-refractivity contribution in [2.45, 2.75) is 0 Å². The summed E-state index contributed by atoms with van der Waals surface area (Å²) in [7, 11) is 0. The second kappa shape index (κ2) is 9.34. The molecular formula is C19H16NSSn. The van der Waals surface area contributed by atoms with Crippen LogP contribution < -0.4 is 10.7 Å². The van der Waals surface area contributed by atoms with Crippen molar-refractivity contribution in [1.82, 2.24) is 0 Å². The third-order valence-electron chi connectivity index (χ3n) is 3.19. The maximum atomic E-state index is 7.18. The van der Waals surface area contributed by atoms with Gasteiger partial charge in [-0.2, -0.15) is 5.26 Å². The Bertz CT molecular complexity index is 615. The van der Waals surface area contributed by atoms with Crippen molar-refractivity contribution in [3.05, 3.63) is 91.0 Å². The SMILES string of the molecule is N#CS.c1cc[c]([Sn]([c]2ccccc2)[c]2ccccc2)cc1. The van der Waals surface area contributed by atoms with Crippen LogP contribution in [0.2, 0.25) is 0 Å². The Morgan fingerprint density at radius 1 is 0.591 bits per heavy atom. The number of rotatable bonds is 3. The fourth-order valence-corrected chi connectivity index (χ4v) is 9.67. The summed E-state index contributed by atoms with van der Waals surface area (Å²) >= 11 is 1.11. The van der Waals surface area contributed by atoms with E-state index in [-0.39, 0.29) is 0 Å². The number of nitriles is 1. The molecule has 1 radical (unpaired) electrons. The second-order valence-corrected chi connectivity index (χ2v) is 11.9. The topological polar surface area (TPSA) is 23.8 Å². The predicted molar refractivity (Wildman–Crippen MR) is 98.6 cm³/mol. The standard InChI is InChI=1S/3C6H5.CHNS.Sn/c3*1-2-4-6-5-3-1;2-1-3;/h3*1-5H;3H;. The Balaban J connectivity index is 0.000000545. The second-order valence-electron chi connectivity index (χ2n) is 4.57. The zero-order chi connectivity index (χ0) is 15.6. The third kappa shape index (κ3) is 4.65. The number of thiocyanates is 1. The van der Waals surface area contributed by atoms with Gasteiger partial charge in [-0.25, -0.2) is 0 Å². The number of thiol groups is 1. The van der Waals surface area contributed by atoms with Crippen molar-refractivity contribution in [3.63, 3.8) is 0 Å². The Morgan fingerprint density at radius 2 is 0.818 bits per heavy atom. The van der Waals surface area contributed by atoms with Gasteiger partial charge in [-0.05, 0) is 0 Å². The van der Waals surface area contributed by atoms with Crippen LogP contribution in [0.1, 0.15) is 0 Å². The molecule has 22 heavy (non-hydrogen) atoms. The van der Waals surface area contributed by atoms with Crippen molar-refractivity contribution >= 4 is 43.1 Å². The Morgan fingerprint density at radius 3 is 1.05 bits per heavy atom. The molecule has 0 heterocycles. The van der Waals surface area contributed by atoms with Gasteiger partial charge in [0.25, 0.3) is 0 Å². The first kappa shape index (κ1) is 16.7. The van der Waals surface area contributed by atoms with Crippen molar-refractivity contribution < 1.29 is 0 Å². The van der Waals surface area contributed by atoms with Gasteiger partial charge in [0.05, 0.1) is 0 Å². The van der Waals surface area contributed by atoms with E-state index in [0.717, 1.165) is 0 Å². The van der Waals surface area contributed by atoms with E-state index < -0.39 is 19.8 Å². The summed E-state index contributed by atoms with van der Waals surface area (Å²) in [5, 5.41) is 8.63. The van der Waals surface area contributed by atoms with Gasteiger partial charge in [-0.3, -0.25) is 0 Å². The molecule has 0 aliphatic carbocycles. The Labute approximate surface area is 144 Å². The molecule has 3 aromatic rings. The molecule has 0 saturated carbocycles. The van der Waals surface area contributed by atoms with Crippen LogP contribution in [-0.4, -0.2) is 19.8 Å². The van der Waals surface area contributed by atoms with Crippen molar-refractivity contribution in [3.8, 4) is 5.40 Å². The van der Waals surface area contributed by atoms with Crippen molar-refractivity contribution in [2.75, 3.05) is 0 Å². The molecule has 0 bridgehead atoms. The maximum absolute atomic E-state index is 7.18. The minimum atomic E-state index is -1.98. The van der Waals surface area contributed by atoms with Gasteiger partial charge >= 0.3 is 121 Å². The number of hydrogen-bond acceptors (Lipinski definition) is 2. The van der Waals surface area contributed by atoms with Crippen LogP contribution in [0, 0.1) is 10.7 Å². The number of hydrogen-bond donors (Lipinski definition) is 1. The van der Waals surface area contributed by atoms with Crippen molar-refractivity contribution in [1.29, 1.82) is 5.26 Å². The minimum absolute atomic E-state index is 1.44. The van der Waals surface area contributed by atoms with Crippen LogP contribution in [0.4, 0.5) is 0 Å². The van der Waals surface area contributed by atoms with E-state index in [1.807, 2.05) is 0 Å². The molecule has 1 nitrogen and oxygen atoms in total. The van der Waals surface area contributed by atoms with Gasteiger partial charge < -0.3 is 0 Å². The van der Waals surface area contributed by atoms with Gasteiger partial charge in [-0.15, -0.1) is 0 Å². The van der Waals surface area contributed by atoms with Crippen LogP contribution in [0.3, 0.4) is 0 Å². The summed E-state index contributed by atoms with van der Waals surface area (Å²) < 4.78 is 4.59. The summed E-state index contributed by atoms with van der Waals surface area (Å²) in [5.74, 6) is 0. The molecule has 3 rings (SSSR count). The first-order valence-electron chi connectivity index (χ1n) is 6.93. The summed E-state index contributed by atoms with van der Waals surface area (Å²) in [6.07, 6.45) is 0. The molecule has 0 saturated heterocycles. The Kier molecular flexibility index (Phi) is 7.08. The molecule has 0 fully saturated rings. The quantitative estimate of drug-likeness (QED) is 0.402. The van der Waals surface area contributed by atoms with E-state index in [9.17, 15) is 0 Å². The van der Waals surface area contributed by atoms with Crippen LogP contribution in [-0.2, 0) is 0 Å². The van der Waals surface area contributed by atoms with Gasteiger partial charge in [0.15, 0.2) is 0 Å². The monoisotopic (exact) mass is 410 g/mol. The molecule has 0 aromatic heterocycles. The fourth-order valence-electron chi connectivity index (χ4n) is 2.31. The van der Waals surface area contributed by atoms with E-state index in [4.69, 9.17) is 5.26 Å². The fraction of sp³-hybridized carbons (Fsp3) is 0. The third-order valence-corrected chi connectivity index (χ3v) is 11.0. The number of nitrogens with zero attached hydrogens (tertiary/aromatic N) is 1. The summed E-state index contributed by atoms with van der Waals surface area (Å²) in [5.41, 5.74) is 0. The van der Waals surface area contributed by atoms with Crippen LogP contribution in [0.25, 0.3) is 0 Å². The van der Waals surface area contributed by atoms with Gasteiger partial charge in [0, 0.05) is 0 Å². The van der Waals surface area contributed by atoms with Crippen molar-refractivity contribution in [2.24, 2.45) is 0 Å². The van der Waals surface area contributed by atoms with E-state index in [0.29, 0.717) is 0 Å². The molecule has 3 heteroatoms. The molecule has 0 unspecified atom stereocenters.